The molecule has 1 aromatic heterocycles. The number of hydrogen-bond acceptors (Lipinski definition) is 3. The first kappa shape index (κ1) is 12.5. The minimum atomic E-state index is 0.421. The Bertz CT molecular complexity index is 599. The van der Waals surface area contributed by atoms with Crippen molar-refractivity contribution in [3.8, 4) is 0 Å². The quantitative estimate of drug-likeness (QED) is 0.765. The Morgan fingerprint density at radius 2 is 1.85 bits per heavy atom. The molecule has 2 aromatic rings. The summed E-state index contributed by atoms with van der Waals surface area (Å²) in [6.45, 7) is 2.25. The number of rotatable bonds is 5. The molecule has 0 radical (unpaired) electrons. The standard InChI is InChI=1S/C16H19N3S/c1-11(12-5-3-2-4-6-12)20-16-18-17-15(13-7-8-13)19(16)14-9-10-14/h2-6,11,13-14H,7-10H2,1H3/t11-/m1/s1. The van der Waals surface area contributed by atoms with Crippen molar-refractivity contribution in [1.82, 2.24) is 14.8 Å². The molecular weight excluding hydrogens is 266 g/mol. The van der Waals surface area contributed by atoms with E-state index in [0.717, 1.165) is 5.16 Å². The summed E-state index contributed by atoms with van der Waals surface area (Å²) < 4.78 is 2.43. The number of aromatic nitrogens is 3. The fourth-order valence-electron chi connectivity index (χ4n) is 2.61. The predicted molar refractivity (Wildman–Crippen MR) is 81.0 cm³/mol. The Labute approximate surface area is 123 Å². The zero-order valence-electron chi connectivity index (χ0n) is 11.7. The first-order valence-corrected chi connectivity index (χ1v) is 8.37. The zero-order chi connectivity index (χ0) is 13.5. The van der Waals surface area contributed by atoms with Crippen molar-refractivity contribution in [2.45, 2.75) is 55.0 Å². The topological polar surface area (TPSA) is 30.7 Å². The van der Waals surface area contributed by atoms with E-state index in [-0.39, 0.29) is 0 Å². The molecule has 4 rings (SSSR count). The molecule has 2 aliphatic carbocycles. The number of hydrogen-bond donors (Lipinski definition) is 0. The summed E-state index contributed by atoms with van der Waals surface area (Å²) in [5.74, 6) is 1.93. The molecule has 0 amide bonds. The van der Waals surface area contributed by atoms with Crippen molar-refractivity contribution in [2.24, 2.45) is 0 Å². The van der Waals surface area contributed by atoms with Gasteiger partial charge in [-0.05, 0) is 38.2 Å². The third-order valence-corrected chi connectivity index (χ3v) is 5.21. The molecule has 2 fully saturated rings. The van der Waals surface area contributed by atoms with Gasteiger partial charge < -0.3 is 4.57 Å². The largest absolute Gasteiger partial charge is 0.303 e. The highest BCUT2D eigenvalue weighted by Crippen LogP contribution is 2.47. The van der Waals surface area contributed by atoms with Crippen molar-refractivity contribution in [3.63, 3.8) is 0 Å². The molecule has 0 saturated heterocycles. The van der Waals surface area contributed by atoms with Crippen LogP contribution in [0.4, 0.5) is 0 Å². The van der Waals surface area contributed by atoms with E-state index < -0.39 is 0 Å². The van der Waals surface area contributed by atoms with E-state index in [4.69, 9.17) is 0 Å². The monoisotopic (exact) mass is 285 g/mol. The fraction of sp³-hybridized carbons (Fsp3) is 0.500. The number of benzene rings is 1. The van der Waals surface area contributed by atoms with E-state index in [1.807, 2.05) is 11.8 Å². The van der Waals surface area contributed by atoms with Gasteiger partial charge in [-0.25, -0.2) is 0 Å². The van der Waals surface area contributed by atoms with Crippen LogP contribution in [0.2, 0.25) is 0 Å². The first-order chi connectivity index (χ1) is 9.83. The van der Waals surface area contributed by atoms with Crippen LogP contribution < -0.4 is 0 Å². The summed E-state index contributed by atoms with van der Waals surface area (Å²) in [7, 11) is 0. The Kier molecular flexibility index (Phi) is 3.06. The minimum Gasteiger partial charge on any atom is -0.303 e. The van der Waals surface area contributed by atoms with Gasteiger partial charge in [0.15, 0.2) is 5.16 Å². The highest BCUT2D eigenvalue weighted by molar-refractivity contribution is 7.99. The lowest BCUT2D eigenvalue weighted by Gasteiger charge is -2.13. The Morgan fingerprint density at radius 1 is 1.10 bits per heavy atom. The van der Waals surface area contributed by atoms with Gasteiger partial charge in [-0.3, -0.25) is 0 Å². The number of thioether (sulfide) groups is 1. The molecular formula is C16H19N3S. The van der Waals surface area contributed by atoms with Crippen molar-refractivity contribution in [1.29, 1.82) is 0 Å². The maximum atomic E-state index is 4.48. The second-order valence-corrected chi connectivity index (χ2v) is 7.19. The maximum absolute atomic E-state index is 4.48. The molecule has 0 spiro atoms. The van der Waals surface area contributed by atoms with Gasteiger partial charge in [0.05, 0.1) is 0 Å². The van der Waals surface area contributed by atoms with E-state index in [9.17, 15) is 0 Å². The summed E-state index contributed by atoms with van der Waals surface area (Å²) in [6.07, 6.45) is 5.18. The normalized spacial score (nSPS) is 20.1. The zero-order valence-corrected chi connectivity index (χ0v) is 12.5. The Morgan fingerprint density at radius 3 is 2.50 bits per heavy atom. The maximum Gasteiger partial charge on any atom is 0.192 e. The molecule has 0 bridgehead atoms. The summed E-state index contributed by atoms with van der Waals surface area (Å²) in [5.41, 5.74) is 1.36. The van der Waals surface area contributed by atoms with E-state index in [0.29, 0.717) is 17.2 Å². The highest BCUT2D eigenvalue weighted by Gasteiger charge is 2.36. The van der Waals surface area contributed by atoms with Crippen LogP contribution in [0.5, 0.6) is 0 Å². The minimum absolute atomic E-state index is 0.421. The van der Waals surface area contributed by atoms with Crippen molar-refractivity contribution < 1.29 is 0 Å². The van der Waals surface area contributed by atoms with Gasteiger partial charge in [-0.1, -0.05) is 42.1 Å². The van der Waals surface area contributed by atoms with Crippen LogP contribution in [0.15, 0.2) is 35.5 Å². The molecule has 0 aliphatic heterocycles. The third kappa shape index (κ3) is 2.37. The Balaban J connectivity index is 1.59. The molecule has 1 atom stereocenters. The molecule has 3 nitrogen and oxygen atoms in total. The van der Waals surface area contributed by atoms with Crippen LogP contribution >= 0.6 is 11.8 Å². The molecule has 4 heteroatoms. The van der Waals surface area contributed by atoms with E-state index in [2.05, 4.69) is 52.0 Å². The summed E-state index contributed by atoms with van der Waals surface area (Å²) >= 11 is 1.85. The van der Waals surface area contributed by atoms with Crippen LogP contribution in [-0.2, 0) is 0 Å². The van der Waals surface area contributed by atoms with Gasteiger partial charge in [0, 0.05) is 17.2 Å². The van der Waals surface area contributed by atoms with E-state index in [1.165, 1.54) is 37.1 Å². The van der Waals surface area contributed by atoms with Crippen LogP contribution in [0.3, 0.4) is 0 Å². The molecule has 2 aliphatic rings. The van der Waals surface area contributed by atoms with Gasteiger partial charge in [-0.2, -0.15) is 0 Å². The second-order valence-electron chi connectivity index (χ2n) is 5.89. The van der Waals surface area contributed by atoms with Gasteiger partial charge in [0.2, 0.25) is 0 Å². The molecule has 1 heterocycles. The summed E-state index contributed by atoms with van der Waals surface area (Å²) in [5, 5.41) is 10.5. The molecule has 104 valence electrons. The van der Waals surface area contributed by atoms with E-state index >= 15 is 0 Å². The lowest BCUT2D eigenvalue weighted by atomic mass is 10.2. The van der Waals surface area contributed by atoms with E-state index in [1.54, 1.807) is 0 Å². The van der Waals surface area contributed by atoms with Crippen molar-refractivity contribution >= 4 is 11.8 Å². The SMILES string of the molecule is C[C@@H](Sc1nnc(C2CC2)n1C1CC1)c1ccccc1. The number of nitrogens with zero attached hydrogens (tertiary/aromatic N) is 3. The van der Waals surface area contributed by atoms with Crippen molar-refractivity contribution in [3.05, 3.63) is 41.7 Å². The van der Waals surface area contributed by atoms with Crippen molar-refractivity contribution in [2.75, 3.05) is 0 Å². The molecule has 1 aromatic carbocycles. The average Bonchev–Trinajstić information content (AvgIpc) is 3.39. The third-order valence-electron chi connectivity index (χ3n) is 4.10. The highest BCUT2D eigenvalue weighted by atomic mass is 32.2. The first-order valence-electron chi connectivity index (χ1n) is 7.49. The predicted octanol–water partition coefficient (Wildman–Crippen LogP) is 4.34. The lowest BCUT2D eigenvalue weighted by Crippen LogP contribution is -2.02. The summed E-state index contributed by atoms with van der Waals surface area (Å²) in [6, 6.07) is 11.3. The summed E-state index contributed by atoms with van der Waals surface area (Å²) in [4.78, 5) is 0. The smallest absolute Gasteiger partial charge is 0.192 e. The second kappa shape index (κ2) is 4.92. The molecule has 2 saturated carbocycles. The van der Waals surface area contributed by atoms with Crippen LogP contribution in [-0.4, -0.2) is 14.8 Å². The van der Waals surface area contributed by atoms with Gasteiger partial charge >= 0.3 is 0 Å². The molecule has 0 N–H and O–H groups in total. The Hall–Kier alpha value is -1.29. The van der Waals surface area contributed by atoms with Crippen LogP contribution in [0, 0.1) is 0 Å². The fourth-order valence-corrected chi connectivity index (χ4v) is 3.67. The van der Waals surface area contributed by atoms with Crippen LogP contribution in [0.25, 0.3) is 0 Å². The van der Waals surface area contributed by atoms with Gasteiger partial charge in [0.1, 0.15) is 5.82 Å². The van der Waals surface area contributed by atoms with Gasteiger partial charge in [0.25, 0.3) is 0 Å². The molecule has 20 heavy (non-hydrogen) atoms. The lowest BCUT2D eigenvalue weighted by molar-refractivity contribution is 0.626. The van der Waals surface area contributed by atoms with Gasteiger partial charge in [-0.15, -0.1) is 10.2 Å². The molecule has 0 unspecified atom stereocenters. The van der Waals surface area contributed by atoms with Crippen LogP contribution in [0.1, 0.15) is 61.2 Å². The average molecular weight is 285 g/mol.